The van der Waals surface area contributed by atoms with E-state index in [1.165, 1.54) is 19.5 Å². The molecule has 0 atom stereocenters. The van der Waals surface area contributed by atoms with Crippen LogP contribution in [0.25, 0.3) is 5.65 Å². The van der Waals surface area contributed by atoms with Gasteiger partial charge in [-0.25, -0.2) is 22.3 Å². The van der Waals surface area contributed by atoms with Crippen LogP contribution in [0, 0.1) is 0 Å². The van der Waals surface area contributed by atoms with Crippen LogP contribution in [0.4, 0.5) is 0 Å². The van der Waals surface area contributed by atoms with Crippen LogP contribution in [-0.4, -0.2) is 40.0 Å². The fourth-order valence-corrected chi connectivity index (χ4v) is 4.95. The van der Waals surface area contributed by atoms with E-state index in [0.717, 1.165) is 18.4 Å². The topological polar surface area (TPSA) is 76.7 Å². The highest BCUT2D eigenvalue weighted by Gasteiger charge is 2.30. The van der Waals surface area contributed by atoms with Gasteiger partial charge in [0.2, 0.25) is 10.0 Å². The van der Waals surface area contributed by atoms with Crippen molar-refractivity contribution in [3.05, 3.63) is 64.7 Å². The Morgan fingerprint density at radius 3 is 2.46 bits per heavy atom. The van der Waals surface area contributed by atoms with Crippen LogP contribution in [0.2, 0.25) is 0 Å². The zero-order valence-corrected chi connectivity index (χ0v) is 15.1. The second-order valence-corrected chi connectivity index (χ2v) is 8.32. The van der Waals surface area contributed by atoms with Gasteiger partial charge >= 0.3 is 5.69 Å². The largest absolute Gasteiger partial charge is 0.350 e. The number of aryl methyl sites for hydroxylation is 2. The normalized spacial score (nSPS) is 15.7. The Kier molecular flexibility index (Phi) is 4.37. The standard InChI is InChI=1S/C18H20N4O3S/c23-18-21-13-6-9-16(26(24,25)20-11-4-5-12-20)17(21)19-22(18)14-10-15-7-2-1-3-8-15/h1-3,6-9,13H,4-5,10-12,14H2. The van der Waals surface area contributed by atoms with Gasteiger partial charge in [-0.2, -0.15) is 4.31 Å². The summed E-state index contributed by atoms with van der Waals surface area (Å²) in [4.78, 5) is 12.7. The first-order valence-electron chi connectivity index (χ1n) is 8.70. The first-order chi connectivity index (χ1) is 12.6. The van der Waals surface area contributed by atoms with Crippen LogP contribution in [0.3, 0.4) is 0 Å². The van der Waals surface area contributed by atoms with Gasteiger partial charge in [0.25, 0.3) is 0 Å². The molecule has 4 rings (SSSR count). The predicted octanol–water partition coefficient (Wildman–Crippen LogP) is 1.52. The van der Waals surface area contributed by atoms with Gasteiger partial charge in [0.05, 0.1) is 6.54 Å². The number of aromatic nitrogens is 3. The molecule has 0 spiro atoms. The predicted molar refractivity (Wildman–Crippen MR) is 97.6 cm³/mol. The van der Waals surface area contributed by atoms with Crippen molar-refractivity contribution >= 4 is 15.7 Å². The van der Waals surface area contributed by atoms with Crippen LogP contribution in [0.5, 0.6) is 0 Å². The average Bonchev–Trinajstić information content (AvgIpc) is 3.30. The van der Waals surface area contributed by atoms with Gasteiger partial charge in [-0.05, 0) is 37.0 Å². The van der Waals surface area contributed by atoms with Crippen molar-refractivity contribution < 1.29 is 8.42 Å². The number of benzene rings is 1. The van der Waals surface area contributed by atoms with E-state index in [0.29, 0.717) is 26.1 Å². The Labute approximate surface area is 151 Å². The lowest BCUT2D eigenvalue weighted by Crippen LogP contribution is -2.28. The van der Waals surface area contributed by atoms with E-state index in [1.807, 2.05) is 30.3 Å². The minimum Gasteiger partial charge on any atom is -0.249 e. The Bertz CT molecular complexity index is 1080. The third-order valence-electron chi connectivity index (χ3n) is 4.71. The molecule has 0 amide bonds. The number of nitrogens with zero attached hydrogens (tertiary/aromatic N) is 4. The van der Waals surface area contributed by atoms with E-state index in [2.05, 4.69) is 5.10 Å². The van der Waals surface area contributed by atoms with Gasteiger partial charge in [-0.3, -0.25) is 0 Å². The number of hydrogen-bond donors (Lipinski definition) is 0. The first kappa shape index (κ1) is 17.0. The highest BCUT2D eigenvalue weighted by Crippen LogP contribution is 2.23. The van der Waals surface area contributed by atoms with E-state index in [4.69, 9.17) is 0 Å². The van der Waals surface area contributed by atoms with Gasteiger partial charge in [0.1, 0.15) is 4.90 Å². The molecule has 8 heteroatoms. The lowest BCUT2D eigenvalue weighted by Gasteiger charge is -2.15. The molecule has 0 bridgehead atoms. The van der Waals surface area contributed by atoms with Crippen molar-refractivity contribution in [3.8, 4) is 0 Å². The summed E-state index contributed by atoms with van der Waals surface area (Å²) >= 11 is 0. The van der Waals surface area contributed by atoms with E-state index in [1.54, 1.807) is 12.3 Å². The summed E-state index contributed by atoms with van der Waals surface area (Å²) in [5.74, 6) is 0. The summed E-state index contributed by atoms with van der Waals surface area (Å²) in [7, 11) is -3.64. The summed E-state index contributed by atoms with van der Waals surface area (Å²) in [6.45, 7) is 1.43. The molecule has 1 aromatic carbocycles. The van der Waals surface area contributed by atoms with Crippen molar-refractivity contribution in [2.45, 2.75) is 30.7 Å². The van der Waals surface area contributed by atoms with Crippen LogP contribution in [-0.2, 0) is 23.0 Å². The SMILES string of the molecule is O=c1n(CCc2ccccc2)nc2c(S(=O)(=O)N3CCCC3)cccn12. The van der Waals surface area contributed by atoms with E-state index in [9.17, 15) is 13.2 Å². The third-order valence-corrected chi connectivity index (χ3v) is 6.63. The molecule has 0 saturated carbocycles. The Hall–Kier alpha value is -2.45. The molecule has 1 aliphatic heterocycles. The van der Waals surface area contributed by atoms with Gasteiger partial charge in [0, 0.05) is 19.3 Å². The van der Waals surface area contributed by atoms with Gasteiger partial charge in [-0.15, -0.1) is 5.10 Å². The molecule has 0 radical (unpaired) electrons. The molecule has 26 heavy (non-hydrogen) atoms. The van der Waals surface area contributed by atoms with E-state index < -0.39 is 10.0 Å². The quantitative estimate of drug-likeness (QED) is 0.680. The van der Waals surface area contributed by atoms with Crippen molar-refractivity contribution in [1.29, 1.82) is 0 Å². The van der Waals surface area contributed by atoms with Crippen LogP contribution in [0.1, 0.15) is 18.4 Å². The summed E-state index contributed by atoms with van der Waals surface area (Å²) in [5, 5.41) is 4.33. The molecule has 136 valence electrons. The molecule has 1 fully saturated rings. The molecule has 3 heterocycles. The maximum Gasteiger partial charge on any atom is 0.350 e. The van der Waals surface area contributed by atoms with Crippen LogP contribution < -0.4 is 5.69 Å². The van der Waals surface area contributed by atoms with Crippen LogP contribution >= 0.6 is 0 Å². The number of sulfonamides is 1. The monoisotopic (exact) mass is 372 g/mol. The number of hydrogen-bond acceptors (Lipinski definition) is 4. The molecule has 0 aliphatic carbocycles. The summed E-state index contributed by atoms with van der Waals surface area (Å²) < 4.78 is 29.9. The average molecular weight is 372 g/mol. The molecule has 7 nitrogen and oxygen atoms in total. The molecule has 2 aromatic heterocycles. The lowest BCUT2D eigenvalue weighted by molar-refractivity contribution is 0.477. The Morgan fingerprint density at radius 1 is 1.00 bits per heavy atom. The third kappa shape index (κ3) is 2.95. The molecule has 0 N–H and O–H groups in total. The molecular weight excluding hydrogens is 352 g/mol. The second-order valence-electron chi connectivity index (χ2n) is 6.42. The van der Waals surface area contributed by atoms with Gasteiger partial charge in [-0.1, -0.05) is 30.3 Å². The number of fused-ring (bicyclic) bond motifs is 1. The number of pyridine rings is 1. The van der Waals surface area contributed by atoms with Crippen molar-refractivity contribution in [3.63, 3.8) is 0 Å². The van der Waals surface area contributed by atoms with Crippen molar-refractivity contribution in [2.75, 3.05) is 13.1 Å². The smallest absolute Gasteiger partial charge is 0.249 e. The molecule has 1 aliphatic rings. The molecule has 1 saturated heterocycles. The van der Waals surface area contributed by atoms with E-state index >= 15 is 0 Å². The first-order valence-corrected chi connectivity index (χ1v) is 10.1. The maximum atomic E-state index is 12.9. The lowest BCUT2D eigenvalue weighted by atomic mass is 10.2. The number of rotatable bonds is 5. The fraction of sp³-hybridized carbons (Fsp3) is 0.333. The second kappa shape index (κ2) is 6.69. The molecular formula is C18H20N4O3S. The summed E-state index contributed by atoms with van der Waals surface area (Å²) in [5.41, 5.74) is 0.966. The molecule has 3 aromatic rings. The minimum absolute atomic E-state index is 0.0949. The zero-order chi connectivity index (χ0) is 18.1. The Morgan fingerprint density at radius 2 is 1.73 bits per heavy atom. The summed E-state index contributed by atoms with van der Waals surface area (Å²) in [6, 6.07) is 12.9. The van der Waals surface area contributed by atoms with Gasteiger partial charge in [0.15, 0.2) is 5.65 Å². The minimum atomic E-state index is -3.64. The Balaban J connectivity index is 1.72. The van der Waals surface area contributed by atoms with Crippen LogP contribution in [0.15, 0.2) is 58.4 Å². The maximum absolute atomic E-state index is 12.9. The van der Waals surface area contributed by atoms with E-state index in [-0.39, 0.29) is 16.2 Å². The summed E-state index contributed by atoms with van der Waals surface area (Å²) in [6.07, 6.45) is 3.94. The highest BCUT2D eigenvalue weighted by molar-refractivity contribution is 7.89. The van der Waals surface area contributed by atoms with Gasteiger partial charge < -0.3 is 0 Å². The van der Waals surface area contributed by atoms with Crippen molar-refractivity contribution in [1.82, 2.24) is 18.5 Å². The fourth-order valence-electron chi connectivity index (χ4n) is 3.31. The highest BCUT2D eigenvalue weighted by atomic mass is 32.2. The zero-order valence-electron chi connectivity index (χ0n) is 14.3. The molecule has 0 unspecified atom stereocenters. The van der Waals surface area contributed by atoms with Crippen molar-refractivity contribution in [2.24, 2.45) is 0 Å².